The topological polar surface area (TPSA) is 120 Å². The number of nitrogens with zero attached hydrogens (tertiary/aromatic N) is 1. The first-order valence-electron chi connectivity index (χ1n) is 5.83. The van der Waals surface area contributed by atoms with Crippen molar-refractivity contribution < 1.29 is 21.3 Å². The molecule has 0 bridgehead atoms. The lowest BCUT2D eigenvalue weighted by molar-refractivity contribution is 0.459. The number of sulfone groups is 2. The molecule has 0 aliphatic heterocycles. The summed E-state index contributed by atoms with van der Waals surface area (Å²) in [5, 5.41) is -0.482. The van der Waals surface area contributed by atoms with Gasteiger partial charge in [0, 0.05) is 17.5 Å². The molecule has 1 aromatic heterocycles. The number of hydrogen-bond acceptors (Lipinski definition) is 7. The van der Waals surface area contributed by atoms with Gasteiger partial charge in [-0.25, -0.2) is 16.8 Å². The second kappa shape index (κ2) is 5.06. The van der Waals surface area contributed by atoms with Gasteiger partial charge < -0.3 is 10.2 Å². The van der Waals surface area contributed by atoms with E-state index in [-0.39, 0.29) is 11.3 Å². The minimum atomic E-state index is -3.88. The van der Waals surface area contributed by atoms with Crippen LogP contribution in [0, 0.1) is 0 Å². The van der Waals surface area contributed by atoms with Gasteiger partial charge in [0.25, 0.3) is 0 Å². The standard InChI is InChI=1S/C11H14N2O5S2/c1-2-19(14,15)5-6-20(16,17)11-13-9-4-3-8(12)7-10(9)18-11/h3-4,7H,2,5-6,12H2,1H3. The Kier molecular flexibility index (Phi) is 3.74. The quantitative estimate of drug-likeness (QED) is 0.802. The summed E-state index contributed by atoms with van der Waals surface area (Å²) in [7, 11) is -7.24. The van der Waals surface area contributed by atoms with Crippen LogP contribution in [-0.2, 0) is 19.7 Å². The summed E-state index contributed by atoms with van der Waals surface area (Å²) >= 11 is 0. The van der Waals surface area contributed by atoms with Gasteiger partial charge in [-0.2, -0.15) is 4.98 Å². The van der Waals surface area contributed by atoms with Crippen LogP contribution in [0.3, 0.4) is 0 Å². The smallest absolute Gasteiger partial charge is 0.316 e. The summed E-state index contributed by atoms with van der Waals surface area (Å²) in [5.74, 6) is -1.11. The lowest BCUT2D eigenvalue weighted by atomic mass is 10.3. The third-order valence-corrected chi connectivity index (χ3v) is 6.17. The zero-order chi connectivity index (χ0) is 15.0. The van der Waals surface area contributed by atoms with Crippen LogP contribution < -0.4 is 5.73 Å². The average molecular weight is 318 g/mol. The first kappa shape index (κ1) is 14.8. The first-order valence-corrected chi connectivity index (χ1v) is 9.30. The van der Waals surface area contributed by atoms with Crippen molar-refractivity contribution in [1.29, 1.82) is 0 Å². The third-order valence-electron chi connectivity index (χ3n) is 2.76. The number of benzene rings is 1. The number of fused-ring (bicyclic) bond motifs is 1. The second-order valence-corrected chi connectivity index (χ2v) is 8.72. The SMILES string of the molecule is CCS(=O)(=O)CCS(=O)(=O)c1nc2ccc(N)cc2o1. The summed E-state index contributed by atoms with van der Waals surface area (Å²) in [4.78, 5) is 3.85. The normalized spacial score (nSPS) is 12.8. The van der Waals surface area contributed by atoms with E-state index >= 15 is 0 Å². The Hall–Kier alpha value is -1.61. The van der Waals surface area contributed by atoms with Crippen molar-refractivity contribution in [3.8, 4) is 0 Å². The number of aromatic nitrogens is 1. The molecule has 9 heteroatoms. The molecule has 0 atom stereocenters. The molecular weight excluding hydrogens is 304 g/mol. The van der Waals surface area contributed by atoms with Crippen LogP contribution in [0.5, 0.6) is 0 Å². The molecule has 1 heterocycles. The van der Waals surface area contributed by atoms with Gasteiger partial charge in [0.1, 0.15) is 5.52 Å². The molecular formula is C11H14N2O5S2. The van der Waals surface area contributed by atoms with Crippen molar-refractivity contribution in [3.05, 3.63) is 18.2 Å². The maximum Gasteiger partial charge on any atom is 0.316 e. The van der Waals surface area contributed by atoms with Crippen LogP contribution in [0.25, 0.3) is 11.1 Å². The lowest BCUT2D eigenvalue weighted by Gasteiger charge is -2.00. The molecule has 110 valence electrons. The Labute approximate surface area is 116 Å². The van der Waals surface area contributed by atoms with E-state index in [0.29, 0.717) is 11.2 Å². The van der Waals surface area contributed by atoms with Crippen molar-refractivity contribution in [1.82, 2.24) is 4.98 Å². The molecule has 0 aliphatic rings. The molecule has 7 nitrogen and oxygen atoms in total. The van der Waals surface area contributed by atoms with Gasteiger partial charge >= 0.3 is 5.22 Å². The Morgan fingerprint density at radius 1 is 1.20 bits per heavy atom. The molecule has 0 unspecified atom stereocenters. The van der Waals surface area contributed by atoms with E-state index in [1.807, 2.05) is 0 Å². The van der Waals surface area contributed by atoms with Crippen molar-refractivity contribution in [2.75, 3.05) is 23.0 Å². The maximum absolute atomic E-state index is 12.0. The molecule has 0 radical (unpaired) electrons. The summed E-state index contributed by atoms with van der Waals surface area (Å²) in [6.07, 6.45) is 0. The molecule has 2 N–H and O–H groups in total. The van der Waals surface area contributed by atoms with Gasteiger partial charge in [-0.1, -0.05) is 6.92 Å². The summed E-state index contributed by atoms with van der Waals surface area (Å²) in [6.45, 7) is 1.46. The van der Waals surface area contributed by atoms with E-state index in [9.17, 15) is 16.8 Å². The Morgan fingerprint density at radius 3 is 2.55 bits per heavy atom. The number of anilines is 1. The molecule has 20 heavy (non-hydrogen) atoms. The number of nitrogen functional groups attached to an aromatic ring is 1. The fraction of sp³-hybridized carbons (Fsp3) is 0.364. The molecule has 0 saturated heterocycles. The van der Waals surface area contributed by atoms with E-state index in [1.54, 1.807) is 6.07 Å². The van der Waals surface area contributed by atoms with E-state index in [1.165, 1.54) is 19.1 Å². The van der Waals surface area contributed by atoms with Crippen LogP contribution in [-0.4, -0.2) is 39.1 Å². The van der Waals surface area contributed by atoms with E-state index in [0.717, 1.165) is 0 Å². The van der Waals surface area contributed by atoms with Gasteiger partial charge in [0.2, 0.25) is 9.84 Å². The van der Waals surface area contributed by atoms with Crippen LogP contribution in [0.15, 0.2) is 27.8 Å². The Morgan fingerprint density at radius 2 is 1.90 bits per heavy atom. The van der Waals surface area contributed by atoms with E-state index in [2.05, 4.69) is 4.98 Å². The van der Waals surface area contributed by atoms with Gasteiger partial charge in [-0.05, 0) is 12.1 Å². The van der Waals surface area contributed by atoms with Crippen LogP contribution >= 0.6 is 0 Å². The predicted molar refractivity (Wildman–Crippen MR) is 74.8 cm³/mol. The van der Waals surface area contributed by atoms with Crippen molar-refractivity contribution >= 4 is 36.5 Å². The van der Waals surface area contributed by atoms with Crippen molar-refractivity contribution in [3.63, 3.8) is 0 Å². The summed E-state index contributed by atoms with van der Waals surface area (Å²) < 4.78 is 51.9. The monoisotopic (exact) mass is 318 g/mol. The molecule has 0 amide bonds. The molecule has 0 aliphatic carbocycles. The highest BCUT2D eigenvalue weighted by atomic mass is 32.2. The summed E-state index contributed by atoms with van der Waals surface area (Å²) in [6, 6.07) is 4.57. The Bertz CT molecular complexity index is 837. The summed E-state index contributed by atoms with van der Waals surface area (Å²) in [5.41, 5.74) is 6.59. The van der Waals surface area contributed by atoms with Gasteiger partial charge in [-0.3, -0.25) is 0 Å². The fourth-order valence-corrected chi connectivity index (χ4v) is 4.33. The number of rotatable bonds is 5. The third kappa shape index (κ3) is 3.10. The van der Waals surface area contributed by atoms with Crippen LogP contribution in [0.2, 0.25) is 0 Å². The van der Waals surface area contributed by atoms with Crippen molar-refractivity contribution in [2.24, 2.45) is 0 Å². The average Bonchev–Trinajstić information content (AvgIpc) is 2.80. The van der Waals surface area contributed by atoms with Crippen LogP contribution in [0.4, 0.5) is 5.69 Å². The molecule has 0 saturated carbocycles. The van der Waals surface area contributed by atoms with Gasteiger partial charge in [0.05, 0.1) is 11.5 Å². The lowest BCUT2D eigenvalue weighted by Crippen LogP contribution is -2.18. The maximum atomic E-state index is 12.0. The highest BCUT2D eigenvalue weighted by Crippen LogP contribution is 2.21. The number of nitrogens with two attached hydrogens (primary N) is 1. The second-order valence-electron chi connectivity index (χ2n) is 4.26. The predicted octanol–water partition coefficient (Wildman–Crippen LogP) is 0.618. The zero-order valence-corrected chi connectivity index (χ0v) is 12.4. The van der Waals surface area contributed by atoms with E-state index < -0.39 is 36.4 Å². The molecule has 0 spiro atoms. The Balaban J connectivity index is 2.32. The fourth-order valence-electron chi connectivity index (χ4n) is 1.52. The molecule has 1 aromatic carbocycles. The minimum absolute atomic E-state index is 0.105. The highest BCUT2D eigenvalue weighted by molar-refractivity contribution is 7.95. The molecule has 0 fully saturated rings. The van der Waals surface area contributed by atoms with Crippen molar-refractivity contribution in [2.45, 2.75) is 12.1 Å². The zero-order valence-electron chi connectivity index (χ0n) is 10.7. The van der Waals surface area contributed by atoms with E-state index in [4.69, 9.17) is 10.2 Å². The highest BCUT2D eigenvalue weighted by Gasteiger charge is 2.24. The van der Waals surface area contributed by atoms with Gasteiger partial charge in [-0.15, -0.1) is 0 Å². The minimum Gasteiger partial charge on any atom is -0.428 e. The van der Waals surface area contributed by atoms with Gasteiger partial charge in [0.15, 0.2) is 15.4 Å². The number of oxazole rings is 1. The van der Waals surface area contributed by atoms with Crippen LogP contribution in [0.1, 0.15) is 6.92 Å². The molecule has 2 aromatic rings. The largest absolute Gasteiger partial charge is 0.428 e. The number of hydrogen-bond donors (Lipinski definition) is 1. The first-order chi connectivity index (χ1) is 9.23. The molecule has 2 rings (SSSR count).